The number of halogens is 1. The highest BCUT2D eigenvalue weighted by Crippen LogP contribution is 2.13. The number of hydrogen-bond donors (Lipinski definition) is 1. The fourth-order valence-corrected chi connectivity index (χ4v) is 2.03. The highest BCUT2D eigenvalue weighted by atomic mass is 127. The number of hydrogen-bond acceptors (Lipinski definition) is 2. The van der Waals surface area contributed by atoms with Crippen molar-refractivity contribution in [3.63, 3.8) is 0 Å². The van der Waals surface area contributed by atoms with Gasteiger partial charge in [0.05, 0.1) is 17.9 Å². The molecule has 1 aromatic heterocycles. The van der Waals surface area contributed by atoms with Crippen LogP contribution in [0.4, 0.5) is 5.69 Å². The number of aryl methyl sites for hydroxylation is 2. The first kappa shape index (κ1) is 12.4. The Hall–Kier alpha value is -1.04. The highest BCUT2D eigenvalue weighted by molar-refractivity contribution is 14.1. The molecule has 0 atom stereocenters. The largest absolute Gasteiger partial charge is 0.379 e. The van der Waals surface area contributed by atoms with Gasteiger partial charge in [0.25, 0.3) is 0 Å². The molecule has 0 saturated carbocycles. The van der Waals surface area contributed by atoms with Gasteiger partial charge < -0.3 is 5.32 Å². The van der Waals surface area contributed by atoms with Gasteiger partial charge in [0.1, 0.15) is 0 Å². The first-order chi connectivity index (χ1) is 8.19. The quantitative estimate of drug-likeness (QED) is 0.866. The fourth-order valence-electron chi connectivity index (χ4n) is 1.67. The van der Waals surface area contributed by atoms with Gasteiger partial charge in [-0.05, 0) is 59.3 Å². The van der Waals surface area contributed by atoms with E-state index in [0.29, 0.717) is 0 Å². The topological polar surface area (TPSA) is 29.9 Å². The Morgan fingerprint density at radius 2 is 2.00 bits per heavy atom. The maximum atomic E-state index is 4.43. The number of aromatic nitrogens is 2. The molecule has 3 nitrogen and oxygen atoms in total. The predicted octanol–water partition coefficient (Wildman–Crippen LogP) is 3.20. The third-order valence-corrected chi connectivity index (χ3v) is 3.43. The smallest absolute Gasteiger partial charge is 0.0625 e. The van der Waals surface area contributed by atoms with Crippen molar-refractivity contribution >= 4 is 28.3 Å². The molecule has 0 spiro atoms. The molecule has 2 rings (SSSR count). The lowest BCUT2D eigenvalue weighted by Gasteiger charge is -2.06. The minimum Gasteiger partial charge on any atom is -0.379 e. The molecule has 0 bridgehead atoms. The Balaban J connectivity index is 2.01. The summed E-state index contributed by atoms with van der Waals surface area (Å²) in [6, 6.07) is 10.5. The summed E-state index contributed by atoms with van der Waals surface area (Å²) in [4.78, 5) is 0. The minimum atomic E-state index is 0.810. The van der Waals surface area contributed by atoms with Crippen molar-refractivity contribution < 1.29 is 0 Å². The van der Waals surface area contributed by atoms with Crippen molar-refractivity contribution in [2.75, 3.05) is 5.32 Å². The van der Waals surface area contributed by atoms with E-state index in [1.807, 2.05) is 11.7 Å². The van der Waals surface area contributed by atoms with Crippen molar-refractivity contribution in [1.29, 1.82) is 0 Å². The SMILES string of the molecule is CCc1cc(CNc2ccc(I)cc2)n(C)n1. The lowest BCUT2D eigenvalue weighted by atomic mass is 10.3. The van der Waals surface area contributed by atoms with Crippen LogP contribution in [0.15, 0.2) is 30.3 Å². The first-order valence-electron chi connectivity index (χ1n) is 5.70. The van der Waals surface area contributed by atoms with Gasteiger partial charge in [-0.15, -0.1) is 0 Å². The Bertz CT molecular complexity index is 488. The molecule has 90 valence electrons. The van der Waals surface area contributed by atoms with E-state index in [1.54, 1.807) is 0 Å². The minimum absolute atomic E-state index is 0.810. The molecule has 0 saturated heterocycles. The highest BCUT2D eigenvalue weighted by Gasteiger charge is 2.03. The maximum absolute atomic E-state index is 4.43. The third kappa shape index (κ3) is 3.21. The van der Waals surface area contributed by atoms with E-state index in [-0.39, 0.29) is 0 Å². The van der Waals surface area contributed by atoms with E-state index < -0.39 is 0 Å². The Morgan fingerprint density at radius 3 is 2.59 bits per heavy atom. The molecule has 0 amide bonds. The zero-order chi connectivity index (χ0) is 12.3. The molecule has 0 aliphatic rings. The number of rotatable bonds is 4. The average molecular weight is 341 g/mol. The fraction of sp³-hybridized carbons (Fsp3) is 0.308. The van der Waals surface area contributed by atoms with Crippen molar-refractivity contribution in [2.45, 2.75) is 19.9 Å². The van der Waals surface area contributed by atoms with Crippen LogP contribution in [-0.2, 0) is 20.0 Å². The van der Waals surface area contributed by atoms with E-state index in [1.165, 1.54) is 9.26 Å². The van der Waals surface area contributed by atoms with Crippen molar-refractivity contribution in [3.8, 4) is 0 Å². The molecule has 17 heavy (non-hydrogen) atoms. The van der Waals surface area contributed by atoms with Crippen LogP contribution in [0.5, 0.6) is 0 Å². The van der Waals surface area contributed by atoms with Gasteiger partial charge in [-0.1, -0.05) is 6.92 Å². The van der Waals surface area contributed by atoms with Crippen LogP contribution in [0.1, 0.15) is 18.3 Å². The summed E-state index contributed by atoms with van der Waals surface area (Å²) >= 11 is 2.31. The second kappa shape index (κ2) is 5.53. The predicted molar refractivity (Wildman–Crippen MR) is 79.1 cm³/mol. The Morgan fingerprint density at radius 1 is 1.29 bits per heavy atom. The molecule has 1 aromatic carbocycles. The molecule has 0 aliphatic carbocycles. The van der Waals surface area contributed by atoms with Gasteiger partial charge in [0, 0.05) is 16.3 Å². The van der Waals surface area contributed by atoms with Gasteiger partial charge in [0.15, 0.2) is 0 Å². The van der Waals surface area contributed by atoms with Crippen LogP contribution in [0.2, 0.25) is 0 Å². The summed E-state index contributed by atoms with van der Waals surface area (Å²) in [5.74, 6) is 0. The number of anilines is 1. The van der Waals surface area contributed by atoms with Gasteiger partial charge in [-0.25, -0.2) is 0 Å². The first-order valence-corrected chi connectivity index (χ1v) is 6.78. The zero-order valence-electron chi connectivity index (χ0n) is 10.1. The normalized spacial score (nSPS) is 10.5. The number of nitrogens with zero attached hydrogens (tertiary/aromatic N) is 2. The third-order valence-electron chi connectivity index (χ3n) is 2.71. The van der Waals surface area contributed by atoms with E-state index >= 15 is 0 Å². The van der Waals surface area contributed by atoms with Crippen LogP contribution in [-0.4, -0.2) is 9.78 Å². The number of benzene rings is 1. The van der Waals surface area contributed by atoms with Crippen LogP contribution >= 0.6 is 22.6 Å². The van der Waals surface area contributed by atoms with E-state index in [9.17, 15) is 0 Å². The number of nitrogens with one attached hydrogen (secondary N) is 1. The van der Waals surface area contributed by atoms with Crippen LogP contribution in [0.3, 0.4) is 0 Å². The van der Waals surface area contributed by atoms with E-state index in [4.69, 9.17) is 0 Å². The van der Waals surface area contributed by atoms with Gasteiger partial charge in [-0.2, -0.15) is 5.10 Å². The second-order valence-corrected chi connectivity index (χ2v) is 5.21. The van der Waals surface area contributed by atoms with Gasteiger partial charge in [0.2, 0.25) is 0 Å². The molecule has 0 radical (unpaired) electrons. The molecular weight excluding hydrogens is 325 g/mol. The lowest BCUT2D eigenvalue weighted by molar-refractivity contribution is 0.707. The molecule has 0 fully saturated rings. The second-order valence-electron chi connectivity index (χ2n) is 3.96. The summed E-state index contributed by atoms with van der Waals surface area (Å²) in [5, 5.41) is 7.83. The zero-order valence-corrected chi connectivity index (χ0v) is 12.2. The monoisotopic (exact) mass is 341 g/mol. The maximum Gasteiger partial charge on any atom is 0.0625 e. The molecule has 1 N–H and O–H groups in total. The van der Waals surface area contributed by atoms with E-state index in [2.05, 4.69) is 70.3 Å². The lowest BCUT2D eigenvalue weighted by Crippen LogP contribution is -2.05. The molecule has 0 unspecified atom stereocenters. The molecule has 4 heteroatoms. The Kier molecular flexibility index (Phi) is 4.04. The van der Waals surface area contributed by atoms with Crippen molar-refractivity contribution in [3.05, 3.63) is 45.3 Å². The van der Waals surface area contributed by atoms with Gasteiger partial charge >= 0.3 is 0 Å². The van der Waals surface area contributed by atoms with E-state index in [0.717, 1.165) is 24.3 Å². The summed E-state index contributed by atoms with van der Waals surface area (Å²) in [6.45, 7) is 2.93. The molecule has 0 aliphatic heterocycles. The van der Waals surface area contributed by atoms with Crippen molar-refractivity contribution in [1.82, 2.24) is 9.78 Å². The summed E-state index contributed by atoms with van der Waals surface area (Å²) in [5.41, 5.74) is 3.50. The molecule has 2 aromatic rings. The molecular formula is C13H16IN3. The summed E-state index contributed by atoms with van der Waals surface area (Å²) in [7, 11) is 1.99. The standard InChI is InChI=1S/C13H16IN3/c1-3-11-8-13(17(2)16-11)9-15-12-6-4-10(14)5-7-12/h4-8,15H,3,9H2,1-2H3. The van der Waals surface area contributed by atoms with Crippen LogP contribution < -0.4 is 5.32 Å². The van der Waals surface area contributed by atoms with Crippen LogP contribution in [0.25, 0.3) is 0 Å². The average Bonchev–Trinajstić information content (AvgIpc) is 2.69. The molecule has 1 heterocycles. The van der Waals surface area contributed by atoms with Gasteiger partial charge in [-0.3, -0.25) is 4.68 Å². The summed E-state index contributed by atoms with van der Waals surface area (Å²) < 4.78 is 3.19. The van der Waals surface area contributed by atoms with Crippen molar-refractivity contribution in [2.24, 2.45) is 7.05 Å². The summed E-state index contributed by atoms with van der Waals surface area (Å²) in [6.07, 6.45) is 0.984. The van der Waals surface area contributed by atoms with Crippen LogP contribution in [0, 0.1) is 3.57 Å². The Labute approximate surface area is 115 Å².